The molecule has 1 amide bonds. The highest BCUT2D eigenvalue weighted by Gasteiger charge is 2.35. The molecule has 1 fully saturated rings. The number of alkyl carbamates (subject to hydrolysis) is 1. The SMILES string of the molecule is CC(C)(C)NC(=O)OC1CC(Oc2ccc(Br)nc2F)C1. The summed E-state index contributed by atoms with van der Waals surface area (Å²) in [6.07, 6.45) is 0.307. The first-order chi connectivity index (χ1) is 9.73. The van der Waals surface area contributed by atoms with Gasteiger partial charge in [-0.15, -0.1) is 0 Å². The van der Waals surface area contributed by atoms with Crippen molar-refractivity contribution >= 4 is 22.0 Å². The maximum absolute atomic E-state index is 13.5. The van der Waals surface area contributed by atoms with Crippen molar-refractivity contribution in [3.63, 3.8) is 0 Å². The van der Waals surface area contributed by atoms with Gasteiger partial charge in [0.1, 0.15) is 16.8 Å². The van der Waals surface area contributed by atoms with Gasteiger partial charge in [0.15, 0.2) is 5.75 Å². The van der Waals surface area contributed by atoms with Gasteiger partial charge in [-0.2, -0.15) is 4.39 Å². The third-order valence-electron chi connectivity index (χ3n) is 2.88. The quantitative estimate of drug-likeness (QED) is 0.839. The van der Waals surface area contributed by atoms with Crippen LogP contribution in [-0.4, -0.2) is 28.8 Å². The lowest BCUT2D eigenvalue weighted by Gasteiger charge is -2.35. The van der Waals surface area contributed by atoms with Crippen LogP contribution in [0.15, 0.2) is 16.7 Å². The molecule has 7 heteroatoms. The van der Waals surface area contributed by atoms with Crippen LogP contribution in [0.1, 0.15) is 33.6 Å². The Labute approximate surface area is 131 Å². The van der Waals surface area contributed by atoms with E-state index in [9.17, 15) is 9.18 Å². The summed E-state index contributed by atoms with van der Waals surface area (Å²) in [5, 5.41) is 2.72. The predicted octanol–water partition coefficient (Wildman–Crippen LogP) is 3.42. The summed E-state index contributed by atoms with van der Waals surface area (Å²) < 4.78 is 24.6. The highest BCUT2D eigenvalue weighted by atomic mass is 79.9. The standard InChI is InChI=1S/C14H18BrFN2O3/c1-14(2,3)18-13(19)21-9-6-8(7-9)20-10-4-5-11(15)17-12(10)16/h4-5,8-9H,6-7H2,1-3H3,(H,18,19). The highest BCUT2D eigenvalue weighted by Crippen LogP contribution is 2.29. The molecule has 0 unspecified atom stereocenters. The van der Waals surface area contributed by atoms with Crippen molar-refractivity contribution < 1.29 is 18.7 Å². The summed E-state index contributed by atoms with van der Waals surface area (Å²) in [6.45, 7) is 5.64. The largest absolute Gasteiger partial charge is 0.485 e. The van der Waals surface area contributed by atoms with Gasteiger partial charge in [-0.1, -0.05) is 0 Å². The van der Waals surface area contributed by atoms with Crippen molar-refractivity contribution in [3.8, 4) is 5.75 Å². The van der Waals surface area contributed by atoms with Gasteiger partial charge in [0.25, 0.3) is 5.95 Å². The number of hydrogen-bond donors (Lipinski definition) is 1. The molecule has 1 saturated carbocycles. The monoisotopic (exact) mass is 360 g/mol. The maximum Gasteiger partial charge on any atom is 0.407 e. The summed E-state index contributed by atoms with van der Waals surface area (Å²) >= 11 is 3.08. The van der Waals surface area contributed by atoms with E-state index >= 15 is 0 Å². The van der Waals surface area contributed by atoms with Crippen LogP contribution in [0.3, 0.4) is 0 Å². The van der Waals surface area contributed by atoms with Crippen LogP contribution in [0.5, 0.6) is 5.75 Å². The van der Waals surface area contributed by atoms with Crippen molar-refractivity contribution in [3.05, 3.63) is 22.7 Å². The van der Waals surface area contributed by atoms with E-state index in [1.54, 1.807) is 6.07 Å². The smallest absolute Gasteiger partial charge is 0.407 e. The van der Waals surface area contributed by atoms with Crippen LogP contribution in [-0.2, 0) is 4.74 Å². The van der Waals surface area contributed by atoms with E-state index < -0.39 is 12.0 Å². The van der Waals surface area contributed by atoms with Crippen LogP contribution >= 0.6 is 15.9 Å². The van der Waals surface area contributed by atoms with E-state index in [1.807, 2.05) is 20.8 Å². The molecular weight excluding hydrogens is 343 g/mol. The Morgan fingerprint density at radius 2 is 2.05 bits per heavy atom. The molecule has 21 heavy (non-hydrogen) atoms. The Kier molecular flexibility index (Phi) is 4.70. The summed E-state index contributed by atoms with van der Waals surface area (Å²) in [5.74, 6) is -0.542. The Morgan fingerprint density at radius 1 is 1.38 bits per heavy atom. The number of nitrogens with one attached hydrogen (secondary N) is 1. The normalized spacial score (nSPS) is 21.4. The van der Waals surface area contributed by atoms with Crippen molar-refractivity contribution in [2.24, 2.45) is 0 Å². The van der Waals surface area contributed by atoms with E-state index in [0.717, 1.165) is 0 Å². The molecular formula is C14H18BrFN2O3. The lowest BCUT2D eigenvalue weighted by atomic mass is 9.92. The summed E-state index contributed by atoms with van der Waals surface area (Å²) in [5.41, 5.74) is -0.330. The van der Waals surface area contributed by atoms with E-state index in [-0.39, 0.29) is 23.5 Å². The Morgan fingerprint density at radius 3 is 2.62 bits per heavy atom. The zero-order chi connectivity index (χ0) is 15.6. The Bertz CT molecular complexity index is 527. The molecule has 0 atom stereocenters. The van der Waals surface area contributed by atoms with Gasteiger partial charge in [0, 0.05) is 18.4 Å². The summed E-state index contributed by atoms with van der Waals surface area (Å²) in [4.78, 5) is 15.2. The van der Waals surface area contributed by atoms with Gasteiger partial charge in [-0.3, -0.25) is 0 Å². The number of halogens is 2. The van der Waals surface area contributed by atoms with Crippen LogP contribution < -0.4 is 10.1 Å². The third-order valence-corrected chi connectivity index (χ3v) is 3.32. The number of amides is 1. The first-order valence-corrected chi connectivity index (χ1v) is 7.50. The fraction of sp³-hybridized carbons (Fsp3) is 0.571. The molecule has 1 N–H and O–H groups in total. The van der Waals surface area contributed by atoms with Gasteiger partial charge in [0.05, 0.1) is 0 Å². The number of nitrogens with zero attached hydrogens (tertiary/aromatic N) is 1. The van der Waals surface area contributed by atoms with Gasteiger partial charge in [-0.05, 0) is 48.8 Å². The Balaban J connectivity index is 1.75. The minimum absolute atomic E-state index is 0.112. The lowest BCUT2D eigenvalue weighted by Crippen LogP contribution is -2.46. The number of rotatable bonds is 3. The fourth-order valence-corrected chi connectivity index (χ4v) is 2.15. The number of aromatic nitrogens is 1. The van der Waals surface area contributed by atoms with Crippen molar-refractivity contribution in [2.45, 2.75) is 51.4 Å². The zero-order valence-electron chi connectivity index (χ0n) is 12.2. The highest BCUT2D eigenvalue weighted by molar-refractivity contribution is 9.10. The molecule has 2 rings (SSSR count). The topological polar surface area (TPSA) is 60.5 Å². The van der Waals surface area contributed by atoms with E-state index in [1.165, 1.54) is 6.07 Å². The number of carbonyl (C=O) groups excluding carboxylic acids is 1. The van der Waals surface area contributed by atoms with Crippen LogP contribution in [0.2, 0.25) is 0 Å². The Hall–Kier alpha value is -1.37. The second kappa shape index (κ2) is 6.17. The molecule has 0 aromatic carbocycles. The predicted molar refractivity (Wildman–Crippen MR) is 78.7 cm³/mol. The second-order valence-corrected chi connectivity index (χ2v) is 6.85. The molecule has 5 nitrogen and oxygen atoms in total. The number of carbonyl (C=O) groups is 1. The van der Waals surface area contributed by atoms with Crippen molar-refractivity contribution in [1.82, 2.24) is 10.3 Å². The maximum atomic E-state index is 13.5. The first-order valence-electron chi connectivity index (χ1n) is 6.70. The molecule has 1 aliphatic carbocycles. The van der Waals surface area contributed by atoms with Gasteiger partial charge >= 0.3 is 6.09 Å². The van der Waals surface area contributed by atoms with Crippen molar-refractivity contribution in [2.75, 3.05) is 0 Å². The van der Waals surface area contributed by atoms with Crippen LogP contribution in [0.25, 0.3) is 0 Å². The average molecular weight is 361 g/mol. The molecule has 0 radical (unpaired) electrons. The van der Waals surface area contributed by atoms with Crippen molar-refractivity contribution in [1.29, 1.82) is 0 Å². The van der Waals surface area contributed by atoms with Crippen LogP contribution in [0, 0.1) is 5.95 Å². The average Bonchev–Trinajstić information content (AvgIpc) is 2.26. The molecule has 1 heterocycles. The number of ether oxygens (including phenoxy) is 2. The molecule has 0 aliphatic heterocycles. The number of pyridine rings is 1. The second-order valence-electron chi connectivity index (χ2n) is 6.04. The van der Waals surface area contributed by atoms with E-state index in [0.29, 0.717) is 17.4 Å². The molecule has 1 aromatic heterocycles. The molecule has 0 spiro atoms. The van der Waals surface area contributed by atoms with Gasteiger partial charge < -0.3 is 14.8 Å². The minimum Gasteiger partial charge on any atom is -0.485 e. The first kappa shape index (κ1) is 16.0. The molecule has 0 saturated heterocycles. The third kappa shape index (κ3) is 4.84. The van der Waals surface area contributed by atoms with Gasteiger partial charge in [-0.25, -0.2) is 9.78 Å². The minimum atomic E-state index is -0.654. The lowest BCUT2D eigenvalue weighted by molar-refractivity contribution is -0.0259. The van der Waals surface area contributed by atoms with Crippen LogP contribution in [0.4, 0.5) is 9.18 Å². The van der Waals surface area contributed by atoms with Gasteiger partial charge in [0.2, 0.25) is 0 Å². The zero-order valence-corrected chi connectivity index (χ0v) is 13.7. The number of hydrogen-bond acceptors (Lipinski definition) is 4. The van der Waals surface area contributed by atoms with E-state index in [4.69, 9.17) is 9.47 Å². The molecule has 0 bridgehead atoms. The summed E-state index contributed by atoms with van der Waals surface area (Å²) in [6, 6.07) is 3.13. The fourth-order valence-electron chi connectivity index (χ4n) is 1.86. The molecule has 116 valence electrons. The molecule has 1 aromatic rings. The van der Waals surface area contributed by atoms with E-state index in [2.05, 4.69) is 26.2 Å². The summed E-state index contributed by atoms with van der Waals surface area (Å²) in [7, 11) is 0. The molecule has 1 aliphatic rings.